The molecule has 1 aliphatic heterocycles. The van der Waals surface area contributed by atoms with Gasteiger partial charge in [-0.2, -0.15) is 0 Å². The molecule has 5 heteroatoms. The topological polar surface area (TPSA) is 35.5 Å². The van der Waals surface area contributed by atoms with E-state index in [1.807, 2.05) is 0 Å². The van der Waals surface area contributed by atoms with Crippen molar-refractivity contribution in [2.45, 2.75) is 6.10 Å². The lowest BCUT2D eigenvalue weighted by Crippen LogP contribution is -2.35. The molecular weight excluding hydrogens is 279 g/mol. The largest absolute Gasteiger partial charge is 0.376 e. The minimum atomic E-state index is -0.697. The second kappa shape index (κ2) is 5.03. The number of ether oxygens (including phenoxy) is 2. The van der Waals surface area contributed by atoms with E-state index in [0.717, 1.165) is 0 Å². The molecule has 0 spiro atoms. The third-order valence-corrected chi connectivity index (χ3v) is 2.80. The molecule has 16 heavy (non-hydrogen) atoms. The van der Waals surface area contributed by atoms with Gasteiger partial charge in [0.2, 0.25) is 0 Å². The lowest BCUT2D eigenvalue weighted by molar-refractivity contribution is -0.0720. The van der Waals surface area contributed by atoms with Gasteiger partial charge < -0.3 is 9.47 Å². The zero-order valence-corrected chi connectivity index (χ0v) is 10.00. The lowest BCUT2D eigenvalue weighted by atomic mass is 10.1. The Kier molecular flexibility index (Phi) is 3.68. The molecule has 0 saturated carbocycles. The van der Waals surface area contributed by atoms with Gasteiger partial charge in [-0.25, -0.2) is 4.39 Å². The smallest absolute Gasteiger partial charge is 0.196 e. The normalized spacial score (nSPS) is 20.8. The summed E-state index contributed by atoms with van der Waals surface area (Å²) in [6, 6.07) is 4.25. The highest BCUT2D eigenvalue weighted by Gasteiger charge is 2.26. The molecular formula is C11H10BrFO3. The molecule has 2 rings (SSSR count). The van der Waals surface area contributed by atoms with Gasteiger partial charge in [-0.05, 0) is 18.2 Å². The highest BCUT2D eigenvalue weighted by Crippen LogP contribution is 2.18. The number of carbonyl (C=O) groups excluding carboxylic acids is 1. The van der Waals surface area contributed by atoms with Crippen molar-refractivity contribution in [1.82, 2.24) is 0 Å². The summed E-state index contributed by atoms with van der Waals surface area (Å²) in [6.07, 6.45) is -0.697. The molecule has 1 unspecified atom stereocenters. The van der Waals surface area contributed by atoms with E-state index in [1.165, 1.54) is 12.1 Å². The van der Waals surface area contributed by atoms with Crippen LogP contribution in [0.4, 0.5) is 4.39 Å². The van der Waals surface area contributed by atoms with Gasteiger partial charge in [0, 0.05) is 4.47 Å². The number of Topliss-reactive ketones (excluding diaryl/α,β-unsaturated/α-hetero) is 1. The summed E-state index contributed by atoms with van der Waals surface area (Å²) >= 11 is 3.20. The van der Waals surface area contributed by atoms with Crippen LogP contribution in [0.1, 0.15) is 10.4 Å². The molecule has 1 aromatic rings. The molecule has 86 valence electrons. The lowest BCUT2D eigenvalue weighted by Gasteiger charge is -2.21. The van der Waals surface area contributed by atoms with Gasteiger partial charge in [-0.3, -0.25) is 4.79 Å². The first-order valence-corrected chi connectivity index (χ1v) is 5.66. The van der Waals surface area contributed by atoms with Crippen molar-refractivity contribution in [3.05, 3.63) is 34.1 Å². The van der Waals surface area contributed by atoms with Crippen molar-refractivity contribution in [3.63, 3.8) is 0 Å². The van der Waals surface area contributed by atoms with Crippen LogP contribution < -0.4 is 0 Å². The zero-order valence-electron chi connectivity index (χ0n) is 8.41. The van der Waals surface area contributed by atoms with Crippen molar-refractivity contribution < 1.29 is 18.7 Å². The summed E-state index contributed by atoms with van der Waals surface area (Å²) in [5, 5.41) is 0. The molecule has 0 aliphatic carbocycles. The molecule has 1 fully saturated rings. The van der Waals surface area contributed by atoms with Crippen LogP contribution in [0, 0.1) is 5.82 Å². The van der Waals surface area contributed by atoms with Crippen LogP contribution in [-0.2, 0) is 9.47 Å². The van der Waals surface area contributed by atoms with Crippen LogP contribution in [0.2, 0.25) is 0 Å². The number of ketones is 1. The monoisotopic (exact) mass is 288 g/mol. The van der Waals surface area contributed by atoms with Crippen molar-refractivity contribution >= 4 is 21.7 Å². The van der Waals surface area contributed by atoms with Crippen LogP contribution in [0.5, 0.6) is 0 Å². The second-order valence-electron chi connectivity index (χ2n) is 3.42. The van der Waals surface area contributed by atoms with Gasteiger partial charge >= 0.3 is 0 Å². The predicted molar refractivity (Wildman–Crippen MR) is 59.0 cm³/mol. The molecule has 1 heterocycles. The minimum Gasteiger partial charge on any atom is -0.376 e. The van der Waals surface area contributed by atoms with Crippen molar-refractivity contribution in [2.75, 3.05) is 19.8 Å². The third-order valence-electron chi connectivity index (χ3n) is 2.30. The predicted octanol–water partition coefficient (Wildman–Crippen LogP) is 2.19. The van der Waals surface area contributed by atoms with Gasteiger partial charge in [0.25, 0.3) is 0 Å². The summed E-state index contributed by atoms with van der Waals surface area (Å²) < 4.78 is 24.4. The molecule has 0 radical (unpaired) electrons. The molecule has 1 atom stereocenters. The molecule has 0 bridgehead atoms. The highest BCUT2D eigenvalue weighted by molar-refractivity contribution is 9.10. The Morgan fingerprint density at radius 2 is 2.25 bits per heavy atom. The number of benzene rings is 1. The Bertz CT molecular complexity index is 402. The molecule has 0 N–H and O–H groups in total. The highest BCUT2D eigenvalue weighted by atomic mass is 79.9. The molecule has 0 aromatic heterocycles. The summed E-state index contributed by atoms with van der Waals surface area (Å²) in [6.45, 7) is 1.03. The Morgan fingerprint density at radius 3 is 2.94 bits per heavy atom. The summed E-state index contributed by atoms with van der Waals surface area (Å²) in [5.74, 6) is -0.916. The fraction of sp³-hybridized carbons (Fsp3) is 0.364. The average Bonchev–Trinajstić information content (AvgIpc) is 2.32. The van der Waals surface area contributed by atoms with Gasteiger partial charge in [0.15, 0.2) is 5.78 Å². The van der Waals surface area contributed by atoms with E-state index in [9.17, 15) is 9.18 Å². The van der Waals surface area contributed by atoms with E-state index < -0.39 is 11.9 Å². The summed E-state index contributed by atoms with van der Waals surface area (Å²) in [7, 11) is 0. The number of hydrogen-bond donors (Lipinski definition) is 0. The Morgan fingerprint density at radius 1 is 1.44 bits per heavy atom. The van der Waals surface area contributed by atoms with Crippen LogP contribution in [-0.4, -0.2) is 31.7 Å². The first-order chi connectivity index (χ1) is 7.68. The quantitative estimate of drug-likeness (QED) is 0.783. The summed E-state index contributed by atoms with van der Waals surface area (Å²) in [4.78, 5) is 11.9. The van der Waals surface area contributed by atoms with E-state index >= 15 is 0 Å². The number of hydrogen-bond acceptors (Lipinski definition) is 3. The van der Waals surface area contributed by atoms with E-state index in [-0.39, 0.29) is 18.0 Å². The second-order valence-corrected chi connectivity index (χ2v) is 4.34. The molecule has 1 aliphatic rings. The minimum absolute atomic E-state index is 0.0323. The number of carbonyl (C=O) groups is 1. The SMILES string of the molecule is O=C(c1cc(Br)ccc1F)C1COCCO1. The van der Waals surface area contributed by atoms with Crippen molar-refractivity contribution in [1.29, 1.82) is 0 Å². The van der Waals surface area contributed by atoms with Crippen LogP contribution >= 0.6 is 15.9 Å². The van der Waals surface area contributed by atoms with Gasteiger partial charge in [0.05, 0.1) is 25.4 Å². The van der Waals surface area contributed by atoms with Gasteiger partial charge in [0.1, 0.15) is 11.9 Å². The molecule has 1 saturated heterocycles. The Labute approximate surface area is 101 Å². The van der Waals surface area contributed by atoms with Crippen LogP contribution in [0.15, 0.2) is 22.7 Å². The summed E-state index contributed by atoms with van der Waals surface area (Å²) in [5.41, 5.74) is 0.0323. The average molecular weight is 289 g/mol. The zero-order chi connectivity index (χ0) is 11.5. The fourth-order valence-corrected chi connectivity index (χ4v) is 1.86. The number of halogens is 2. The van der Waals surface area contributed by atoms with E-state index in [2.05, 4.69) is 15.9 Å². The maximum absolute atomic E-state index is 13.4. The fourth-order valence-electron chi connectivity index (χ4n) is 1.50. The molecule has 0 amide bonds. The number of rotatable bonds is 2. The van der Waals surface area contributed by atoms with Crippen molar-refractivity contribution in [2.24, 2.45) is 0 Å². The van der Waals surface area contributed by atoms with E-state index in [4.69, 9.17) is 9.47 Å². The Hall–Kier alpha value is -0.780. The maximum atomic E-state index is 13.4. The standard InChI is InChI=1S/C11H10BrFO3/c12-7-1-2-9(13)8(5-7)11(14)10-6-15-3-4-16-10/h1-2,5,10H,3-4,6H2. The van der Waals surface area contributed by atoms with E-state index in [0.29, 0.717) is 17.7 Å². The molecule has 3 nitrogen and oxygen atoms in total. The van der Waals surface area contributed by atoms with Gasteiger partial charge in [-0.1, -0.05) is 15.9 Å². The first-order valence-electron chi connectivity index (χ1n) is 4.87. The Balaban J connectivity index is 2.22. The first kappa shape index (κ1) is 11.7. The van der Waals surface area contributed by atoms with Gasteiger partial charge in [-0.15, -0.1) is 0 Å². The maximum Gasteiger partial charge on any atom is 0.196 e. The van der Waals surface area contributed by atoms with Crippen LogP contribution in [0.25, 0.3) is 0 Å². The van der Waals surface area contributed by atoms with Crippen molar-refractivity contribution in [3.8, 4) is 0 Å². The van der Waals surface area contributed by atoms with Crippen LogP contribution in [0.3, 0.4) is 0 Å². The third kappa shape index (κ3) is 2.48. The molecule has 1 aromatic carbocycles. The van der Waals surface area contributed by atoms with E-state index in [1.54, 1.807) is 6.07 Å².